The Labute approximate surface area is 114 Å². The third-order valence-corrected chi connectivity index (χ3v) is 3.16. The summed E-state index contributed by atoms with van der Waals surface area (Å²) >= 11 is 0. The molecule has 3 aromatic rings. The van der Waals surface area contributed by atoms with Gasteiger partial charge in [0, 0.05) is 22.1 Å². The lowest BCUT2D eigenvalue weighted by atomic mass is 9.98. The summed E-state index contributed by atoms with van der Waals surface area (Å²) in [6.45, 7) is 0. The maximum absolute atomic E-state index is 11.4. The van der Waals surface area contributed by atoms with Crippen molar-refractivity contribution >= 4 is 23.1 Å². The average molecular weight is 265 g/mol. The second kappa shape index (κ2) is 4.62. The molecule has 1 heterocycles. The van der Waals surface area contributed by atoms with E-state index in [2.05, 4.69) is 10.2 Å². The second-order valence-corrected chi connectivity index (χ2v) is 4.47. The van der Waals surface area contributed by atoms with Gasteiger partial charge in [0.1, 0.15) is 6.29 Å². The molecule has 0 unspecified atom stereocenters. The fraction of sp³-hybridized carbons (Fsp3) is 0. The number of benzene rings is 2. The van der Waals surface area contributed by atoms with E-state index in [1.807, 2.05) is 18.2 Å². The van der Waals surface area contributed by atoms with Crippen molar-refractivity contribution in [3.05, 3.63) is 53.7 Å². The molecule has 1 amide bonds. The van der Waals surface area contributed by atoms with E-state index in [0.717, 1.165) is 22.0 Å². The highest BCUT2D eigenvalue weighted by Gasteiger charge is 2.10. The molecule has 5 nitrogen and oxygen atoms in total. The number of carbonyl (C=O) groups excluding carboxylic acids is 2. The first-order valence-electron chi connectivity index (χ1n) is 6.01. The Balaban J connectivity index is 2.28. The van der Waals surface area contributed by atoms with Crippen LogP contribution in [-0.4, -0.2) is 22.4 Å². The molecule has 0 aliphatic rings. The molecule has 0 radical (unpaired) electrons. The van der Waals surface area contributed by atoms with Crippen molar-refractivity contribution in [1.29, 1.82) is 0 Å². The largest absolute Gasteiger partial charge is 0.366 e. The van der Waals surface area contributed by atoms with Crippen LogP contribution in [0.5, 0.6) is 0 Å². The number of para-hydroxylation sites is 1. The fourth-order valence-corrected chi connectivity index (χ4v) is 2.23. The third-order valence-electron chi connectivity index (χ3n) is 3.16. The minimum Gasteiger partial charge on any atom is -0.366 e. The zero-order valence-corrected chi connectivity index (χ0v) is 10.5. The van der Waals surface area contributed by atoms with Crippen LogP contribution in [-0.2, 0) is 0 Å². The molecule has 0 saturated heterocycles. The van der Waals surface area contributed by atoms with E-state index in [9.17, 15) is 9.59 Å². The van der Waals surface area contributed by atoms with E-state index in [-0.39, 0.29) is 0 Å². The Hall–Kier alpha value is -2.95. The van der Waals surface area contributed by atoms with Gasteiger partial charge in [-0.3, -0.25) is 14.7 Å². The summed E-state index contributed by atoms with van der Waals surface area (Å²) in [6, 6.07) is 10.6. The van der Waals surface area contributed by atoms with Crippen LogP contribution in [0.1, 0.15) is 20.7 Å². The average Bonchev–Trinajstić information content (AvgIpc) is 2.94. The van der Waals surface area contributed by atoms with Crippen molar-refractivity contribution in [2.75, 3.05) is 0 Å². The number of amides is 1. The summed E-state index contributed by atoms with van der Waals surface area (Å²) in [7, 11) is 0. The zero-order chi connectivity index (χ0) is 14.1. The molecular weight excluding hydrogens is 254 g/mol. The minimum absolute atomic E-state index is 0.307. The van der Waals surface area contributed by atoms with Crippen LogP contribution in [0, 0.1) is 0 Å². The number of hydrogen-bond donors (Lipinski definition) is 2. The number of aromatic nitrogens is 2. The number of nitrogens with zero attached hydrogens (tertiary/aromatic N) is 1. The van der Waals surface area contributed by atoms with E-state index in [1.54, 1.807) is 18.3 Å². The van der Waals surface area contributed by atoms with Gasteiger partial charge >= 0.3 is 0 Å². The molecule has 0 saturated carbocycles. The van der Waals surface area contributed by atoms with Crippen molar-refractivity contribution in [1.82, 2.24) is 10.2 Å². The SMILES string of the molecule is NC(=O)c1cc(C=O)cc(-c2cccc3cn[nH]c23)c1. The molecule has 20 heavy (non-hydrogen) atoms. The number of hydrogen-bond acceptors (Lipinski definition) is 3. The fourth-order valence-electron chi connectivity index (χ4n) is 2.23. The lowest BCUT2D eigenvalue weighted by molar-refractivity contribution is 0.100. The molecule has 0 atom stereocenters. The van der Waals surface area contributed by atoms with Crippen LogP contribution in [0.15, 0.2) is 42.6 Å². The van der Waals surface area contributed by atoms with Crippen LogP contribution < -0.4 is 5.73 Å². The number of nitrogens with one attached hydrogen (secondary N) is 1. The van der Waals surface area contributed by atoms with Gasteiger partial charge in [-0.1, -0.05) is 18.2 Å². The van der Waals surface area contributed by atoms with E-state index >= 15 is 0 Å². The Bertz CT molecular complexity index is 821. The molecule has 0 spiro atoms. The summed E-state index contributed by atoms with van der Waals surface area (Å²) < 4.78 is 0. The Kier molecular flexibility index (Phi) is 2.80. The number of rotatable bonds is 3. The van der Waals surface area contributed by atoms with Gasteiger partial charge in [0.25, 0.3) is 0 Å². The first-order chi connectivity index (χ1) is 9.69. The van der Waals surface area contributed by atoms with Gasteiger partial charge in [-0.2, -0.15) is 5.10 Å². The number of carbonyl (C=O) groups is 2. The summed E-state index contributed by atoms with van der Waals surface area (Å²) in [4.78, 5) is 22.4. The first kappa shape index (κ1) is 12.1. The van der Waals surface area contributed by atoms with Crippen LogP contribution in [0.25, 0.3) is 22.0 Å². The van der Waals surface area contributed by atoms with Crippen molar-refractivity contribution in [2.24, 2.45) is 5.73 Å². The van der Waals surface area contributed by atoms with Gasteiger partial charge in [-0.15, -0.1) is 0 Å². The Morgan fingerprint density at radius 3 is 2.85 bits per heavy atom. The van der Waals surface area contributed by atoms with Crippen molar-refractivity contribution < 1.29 is 9.59 Å². The number of fused-ring (bicyclic) bond motifs is 1. The van der Waals surface area contributed by atoms with Crippen molar-refractivity contribution in [3.63, 3.8) is 0 Å². The maximum atomic E-state index is 11.4. The second-order valence-electron chi connectivity index (χ2n) is 4.47. The highest BCUT2D eigenvalue weighted by atomic mass is 16.1. The highest BCUT2D eigenvalue weighted by Crippen LogP contribution is 2.28. The molecule has 2 aromatic carbocycles. The molecule has 0 fully saturated rings. The lowest BCUT2D eigenvalue weighted by Gasteiger charge is -2.06. The Morgan fingerprint density at radius 2 is 2.10 bits per heavy atom. The first-order valence-corrected chi connectivity index (χ1v) is 6.01. The molecule has 0 aliphatic heterocycles. The topological polar surface area (TPSA) is 88.8 Å². The minimum atomic E-state index is -0.563. The van der Waals surface area contributed by atoms with Crippen LogP contribution in [0.3, 0.4) is 0 Å². The van der Waals surface area contributed by atoms with Gasteiger partial charge in [0.2, 0.25) is 5.91 Å². The van der Waals surface area contributed by atoms with Gasteiger partial charge < -0.3 is 5.73 Å². The molecule has 0 aliphatic carbocycles. The van der Waals surface area contributed by atoms with Crippen LogP contribution in [0.4, 0.5) is 0 Å². The molecule has 3 N–H and O–H groups in total. The van der Waals surface area contributed by atoms with Crippen molar-refractivity contribution in [3.8, 4) is 11.1 Å². The number of primary amides is 1. The van der Waals surface area contributed by atoms with Gasteiger partial charge in [-0.25, -0.2) is 0 Å². The van der Waals surface area contributed by atoms with Gasteiger partial charge in [0.05, 0.1) is 11.7 Å². The number of H-pyrrole nitrogens is 1. The quantitative estimate of drug-likeness (QED) is 0.711. The third kappa shape index (κ3) is 1.95. The highest BCUT2D eigenvalue weighted by molar-refractivity contribution is 5.99. The van der Waals surface area contributed by atoms with E-state index in [4.69, 9.17) is 5.73 Å². The molecular formula is C15H11N3O2. The monoisotopic (exact) mass is 265 g/mol. The standard InChI is InChI=1S/C15H11N3O2/c16-15(20)12-5-9(8-19)4-11(6-12)13-3-1-2-10-7-17-18-14(10)13/h1-8H,(H2,16,20)(H,17,18). The van der Waals surface area contributed by atoms with Gasteiger partial charge in [0.15, 0.2) is 0 Å². The summed E-state index contributed by atoms with van der Waals surface area (Å²) in [5.41, 5.74) is 8.49. The van der Waals surface area contributed by atoms with Crippen LogP contribution >= 0.6 is 0 Å². The maximum Gasteiger partial charge on any atom is 0.248 e. The molecule has 0 bridgehead atoms. The summed E-state index contributed by atoms with van der Waals surface area (Å²) in [5, 5.41) is 7.88. The summed E-state index contributed by atoms with van der Waals surface area (Å²) in [5.74, 6) is -0.563. The van der Waals surface area contributed by atoms with Crippen molar-refractivity contribution in [2.45, 2.75) is 0 Å². The lowest BCUT2D eigenvalue weighted by Crippen LogP contribution is -2.11. The zero-order valence-electron chi connectivity index (χ0n) is 10.5. The van der Waals surface area contributed by atoms with Crippen LogP contribution in [0.2, 0.25) is 0 Å². The number of nitrogens with two attached hydrogens (primary N) is 1. The number of aldehydes is 1. The van der Waals surface area contributed by atoms with Gasteiger partial charge in [-0.05, 0) is 23.8 Å². The number of aromatic amines is 1. The molecule has 5 heteroatoms. The predicted octanol–water partition coefficient (Wildman–Crippen LogP) is 2.14. The predicted molar refractivity (Wildman–Crippen MR) is 75.4 cm³/mol. The van der Waals surface area contributed by atoms with E-state index < -0.39 is 5.91 Å². The smallest absolute Gasteiger partial charge is 0.248 e. The van der Waals surface area contributed by atoms with E-state index in [1.165, 1.54) is 6.07 Å². The Morgan fingerprint density at radius 1 is 1.25 bits per heavy atom. The normalized spacial score (nSPS) is 10.6. The molecule has 98 valence electrons. The molecule has 3 rings (SSSR count). The summed E-state index contributed by atoms with van der Waals surface area (Å²) in [6.07, 6.45) is 2.42. The molecule has 1 aromatic heterocycles. The van der Waals surface area contributed by atoms with E-state index in [0.29, 0.717) is 17.4 Å².